The Balaban J connectivity index is 0.00000364. The molecular weight excluding hydrogens is 368 g/mol. The highest BCUT2D eigenvalue weighted by Crippen LogP contribution is 2.42. The van der Waals surface area contributed by atoms with Gasteiger partial charge in [-0.25, -0.2) is 0 Å². The number of carbonyl (C=O) groups excluding carboxylic acids is 1. The van der Waals surface area contributed by atoms with E-state index in [9.17, 15) is 4.79 Å². The summed E-state index contributed by atoms with van der Waals surface area (Å²) in [4.78, 5) is 12.3. The molecule has 27 heavy (non-hydrogen) atoms. The summed E-state index contributed by atoms with van der Waals surface area (Å²) >= 11 is 0. The fourth-order valence-electron chi connectivity index (χ4n) is 3.77. The van der Waals surface area contributed by atoms with E-state index in [0.29, 0.717) is 13.1 Å². The molecule has 1 aromatic carbocycles. The van der Waals surface area contributed by atoms with Gasteiger partial charge in [-0.1, -0.05) is 25.3 Å². The zero-order chi connectivity index (χ0) is 19.0. The number of carbonyl (C=O) groups is 1. The van der Waals surface area contributed by atoms with E-state index >= 15 is 0 Å². The molecule has 1 fully saturated rings. The van der Waals surface area contributed by atoms with Gasteiger partial charge < -0.3 is 25.3 Å². The SMILES string of the molecule is COc1ccc(C2(CNC(=O)CC(CN)OC)CCCCC2)cc1OC.Cl. The van der Waals surface area contributed by atoms with Gasteiger partial charge in [-0.05, 0) is 30.5 Å². The van der Waals surface area contributed by atoms with E-state index < -0.39 is 0 Å². The molecule has 3 N–H and O–H groups in total. The molecule has 1 amide bonds. The monoisotopic (exact) mass is 400 g/mol. The number of nitrogens with one attached hydrogen (secondary N) is 1. The molecule has 1 aromatic rings. The van der Waals surface area contributed by atoms with Crippen molar-refractivity contribution in [3.05, 3.63) is 23.8 Å². The Bertz CT molecular complexity index is 587. The molecule has 1 unspecified atom stereocenters. The lowest BCUT2D eigenvalue weighted by atomic mass is 9.69. The summed E-state index contributed by atoms with van der Waals surface area (Å²) in [5, 5.41) is 3.11. The van der Waals surface area contributed by atoms with Crippen LogP contribution in [0.2, 0.25) is 0 Å². The summed E-state index contributed by atoms with van der Waals surface area (Å²) in [6.45, 7) is 0.951. The predicted molar refractivity (Wildman–Crippen MR) is 109 cm³/mol. The molecule has 1 atom stereocenters. The standard InChI is InChI=1S/C20H32N2O4.ClH/c1-24-16(13-21)12-19(23)22-14-20(9-5-4-6-10-20)15-7-8-17(25-2)18(11-15)26-3;/h7-8,11,16H,4-6,9-10,12-14,21H2,1-3H3,(H,22,23);1H. The Labute approximate surface area is 168 Å². The van der Waals surface area contributed by atoms with Crippen molar-refractivity contribution in [3.63, 3.8) is 0 Å². The number of amides is 1. The van der Waals surface area contributed by atoms with E-state index in [4.69, 9.17) is 19.9 Å². The molecule has 2 rings (SSSR count). The second kappa shape index (κ2) is 11.4. The van der Waals surface area contributed by atoms with E-state index in [1.54, 1.807) is 21.3 Å². The maximum atomic E-state index is 12.3. The average Bonchev–Trinajstić information content (AvgIpc) is 2.70. The van der Waals surface area contributed by atoms with Gasteiger partial charge in [-0.3, -0.25) is 4.79 Å². The third kappa shape index (κ3) is 5.99. The van der Waals surface area contributed by atoms with Crippen LogP contribution in [0.5, 0.6) is 11.5 Å². The van der Waals surface area contributed by atoms with Crippen LogP contribution in [0, 0.1) is 0 Å². The van der Waals surface area contributed by atoms with E-state index in [1.807, 2.05) is 12.1 Å². The third-order valence-corrected chi connectivity index (χ3v) is 5.44. The molecule has 7 heteroatoms. The molecule has 0 saturated heterocycles. The molecule has 0 aliphatic heterocycles. The van der Waals surface area contributed by atoms with Crippen molar-refractivity contribution in [2.24, 2.45) is 5.73 Å². The first-order valence-electron chi connectivity index (χ1n) is 9.30. The minimum Gasteiger partial charge on any atom is -0.493 e. The number of rotatable bonds is 9. The van der Waals surface area contributed by atoms with Crippen molar-refractivity contribution in [3.8, 4) is 11.5 Å². The molecule has 1 saturated carbocycles. The number of methoxy groups -OCH3 is 3. The minimum atomic E-state index is -0.238. The van der Waals surface area contributed by atoms with Crippen LogP contribution >= 0.6 is 12.4 Å². The van der Waals surface area contributed by atoms with E-state index in [0.717, 1.165) is 37.2 Å². The summed E-state index contributed by atoms with van der Waals surface area (Å²) in [6, 6.07) is 6.09. The number of benzene rings is 1. The Morgan fingerprint density at radius 3 is 2.37 bits per heavy atom. The van der Waals surface area contributed by atoms with Crippen molar-refractivity contribution < 1.29 is 19.0 Å². The summed E-state index contributed by atoms with van der Waals surface area (Å²) in [5.41, 5.74) is 6.74. The lowest BCUT2D eigenvalue weighted by molar-refractivity contribution is -0.123. The number of ether oxygens (including phenoxy) is 3. The van der Waals surface area contributed by atoms with E-state index in [-0.39, 0.29) is 36.3 Å². The Morgan fingerprint density at radius 2 is 1.81 bits per heavy atom. The quantitative estimate of drug-likeness (QED) is 0.666. The minimum absolute atomic E-state index is 0. The normalized spacial score (nSPS) is 16.7. The van der Waals surface area contributed by atoms with Crippen LogP contribution in [0.1, 0.15) is 44.1 Å². The van der Waals surface area contributed by atoms with Gasteiger partial charge in [0.25, 0.3) is 0 Å². The Morgan fingerprint density at radius 1 is 1.15 bits per heavy atom. The molecule has 0 radical (unpaired) electrons. The second-order valence-electron chi connectivity index (χ2n) is 6.99. The average molecular weight is 401 g/mol. The number of nitrogens with two attached hydrogens (primary N) is 1. The van der Waals surface area contributed by atoms with Crippen molar-refractivity contribution in [2.45, 2.75) is 50.0 Å². The highest BCUT2D eigenvalue weighted by Gasteiger charge is 2.35. The maximum absolute atomic E-state index is 12.3. The molecule has 0 spiro atoms. The van der Waals surface area contributed by atoms with Crippen LogP contribution in [-0.4, -0.2) is 46.4 Å². The molecule has 1 aliphatic rings. The van der Waals surface area contributed by atoms with Crippen molar-refractivity contribution >= 4 is 18.3 Å². The summed E-state index contributed by atoms with van der Waals surface area (Å²) in [6.07, 6.45) is 5.71. The predicted octanol–water partition coefficient (Wildman–Crippen LogP) is 2.81. The smallest absolute Gasteiger partial charge is 0.222 e. The molecule has 0 aromatic heterocycles. The molecule has 0 heterocycles. The number of halogens is 1. The number of hydrogen-bond acceptors (Lipinski definition) is 5. The van der Waals surface area contributed by atoms with Crippen molar-refractivity contribution in [1.82, 2.24) is 5.32 Å². The van der Waals surface area contributed by atoms with Gasteiger partial charge in [0, 0.05) is 25.6 Å². The first-order valence-corrected chi connectivity index (χ1v) is 9.30. The molecule has 1 aliphatic carbocycles. The van der Waals surface area contributed by atoms with Gasteiger partial charge >= 0.3 is 0 Å². The van der Waals surface area contributed by atoms with Gasteiger partial charge in [0.15, 0.2) is 11.5 Å². The van der Waals surface area contributed by atoms with Gasteiger partial charge in [0.05, 0.1) is 26.7 Å². The lowest BCUT2D eigenvalue weighted by Crippen LogP contribution is -2.43. The van der Waals surface area contributed by atoms with Gasteiger partial charge in [0.2, 0.25) is 5.91 Å². The van der Waals surface area contributed by atoms with Gasteiger partial charge in [-0.15, -0.1) is 12.4 Å². The van der Waals surface area contributed by atoms with Crippen LogP contribution in [-0.2, 0) is 14.9 Å². The molecule has 6 nitrogen and oxygen atoms in total. The zero-order valence-electron chi connectivity index (χ0n) is 16.6. The van der Waals surface area contributed by atoms with E-state index in [2.05, 4.69) is 11.4 Å². The maximum Gasteiger partial charge on any atom is 0.222 e. The first-order chi connectivity index (χ1) is 12.6. The van der Waals surface area contributed by atoms with Crippen molar-refractivity contribution in [1.29, 1.82) is 0 Å². The van der Waals surface area contributed by atoms with Crippen LogP contribution < -0.4 is 20.5 Å². The molecule has 154 valence electrons. The largest absolute Gasteiger partial charge is 0.493 e. The van der Waals surface area contributed by atoms with Crippen LogP contribution in [0.25, 0.3) is 0 Å². The van der Waals surface area contributed by atoms with Gasteiger partial charge in [-0.2, -0.15) is 0 Å². The second-order valence-corrected chi connectivity index (χ2v) is 6.99. The molecular formula is C20H33ClN2O4. The Kier molecular flexibility index (Phi) is 9.91. The molecule has 0 bridgehead atoms. The highest BCUT2D eigenvalue weighted by atomic mass is 35.5. The number of hydrogen-bond donors (Lipinski definition) is 2. The van der Waals surface area contributed by atoms with Gasteiger partial charge in [0.1, 0.15) is 0 Å². The third-order valence-electron chi connectivity index (χ3n) is 5.44. The lowest BCUT2D eigenvalue weighted by Gasteiger charge is -2.38. The Hall–Kier alpha value is -1.50. The zero-order valence-corrected chi connectivity index (χ0v) is 17.4. The van der Waals surface area contributed by atoms with Crippen molar-refractivity contribution in [2.75, 3.05) is 34.4 Å². The summed E-state index contributed by atoms with van der Waals surface area (Å²) in [7, 11) is 4.86. The highest BCUT2D eigenvalue weighted by molar-refractivity contribution is 5.85. The summed E-state index contributed by atoms with van der Waals surface area (Å²) < 4.78 is 16.0. The van der Waals surface area contributed by atoms with Crippen LogP contribution in [0.4, 0.5) is 0 Å². The first kappa shape index (κ1) is 23.5. The van der Waals surface area contributed by atoms with E-state index in [1.165, 1.54) is 12.0 Å². The van der Waals surface area contributed by atoms with Crippen LogP contribution in [0.15, 0.2) is 18.2 Å². The fourth-order valence-corrected chi connectivity index (χ4v) is 3.77. The topological polar surface area (TPSA) is 82.8 Å². The van der Waals surface area contributed by atoms with Crippen LogP contribution in [0.3, 0.4) is 0 Å². The summed E-state index contributed by atoms with van der Waals surface area (Å²) in [5.74, 6) is 1.42. The fraction of sp³-hybridized carbons (Fsp3) is 0.650.